The molecule has 0 aliphatic rings. The molecule has 0 saturated carbocycles. The summed E-state index contributed by atoms with van der Waals surface area (Å²) in [5, 5.41) is 6.30. The first-order chi connectivity index (χ1) is 10.5. The van der Waals surface area contributed by atoms with Gasteiger partial charge in [-0.3, -0.25) is 0 Å². The minimum atomic E-state index is -0.452. The Bertz CT molecular complexity index is 498. The molecule has 0 aliphatic carbocycles. The highest BCUT2D eigenvalue weighted by molar-refractivity contribution is 7.12. The van der Waals surface area contributed by atoms with E-state index < -0.39 is 5.60 Å². The van der Waals surface area contributed by atoms with Gasteiger partial charge in [-0.15, -0.1) is 11.3 Å². The SMILES string of the molecule is CC(CCNCc1ccc(C(C)(C)C)s1)NC(=O)OC(C)(C)C. The Morgan fingerprint density at radius 2 is 1.87 bits per heavy atom. The number of rotatable bonds is 6. The van der Waals surface area contributed by atoms with E-state index in [4.69, 9.17) is 4.74 Å². The summed E-state index contributed by atoms with van der Waals surface area (Å²) in [6.45, 7) is 16.0. The highest BCUT2D eigenvalue weighted by atomic mass is 32.1. The van der Waals surface area contributed by atoms with E-state index in [1.54, 1.807) is 0 Å². The molecule has 0 saturated heterocycles. The van der Waals surface area contributed by atoms with E-state index in [0.29, 0.717) is 0 Å². The Balaban J connectivity index is 2.24. The summed E-state index contributed by atoms with van der Waals surface area (Å²) in [7, 11) is 0. The van der Waals surface area contributed by atoms with Crippen molar-refractivity contribution in [1.82, 2.24) is 10.6 Å². The predicted octanol–water partition coefficient (Wildman–Crippen LogP) is 4.44. The van der Waals surface area contributed by atoms with Gasteiger partial charge in [-0.1, -0.05) is 20.8 Å². The van der Waals surface area contributed by atoms with E-state index >= 15 is 0 Å². The minimum absolute atomic E-state index is 0.0887. The van der Waals surface area contributed by atoms with Gasteiger partial charge in [-0.2, -0.15) is 0 Å². The molecule has 0 aromatic carbocycles. The lowest BCUT2D eigenvalue weighted by atomic mass is 9.95. The van der Waals surface area contributed by atoms with Crippen molar-refractivity contribution in [1.29, 1.82) is 0 Å². The van der Waals surface area contributed by atoms with Crippen LogP contribution in [0.4, 0.5) is 4.79 Å². The second-order valence-corrected chi connectivity index (χ2v) is 9.20. The standard InChI is InChI=1S/C18H32N2O2S/c1-13(20-16(21)22-18(5,6)7)10-11-19-12-14-8-9-15(23-14)17(2,3)4/h8-9,13,19H,10-12H2,1-7H3,(H,20,21). The minimum Gasteiger partial charge on any atom is -0.444 e. The van der Waals surface area contributed by atoms with Crippen LogP contribution in [-0.4, -0.2) is 24.3 Å². The summed E-state index contributed by atoms with van der Waals surface area (Å²) in [4.78, 5) is 14.4. The Morgan fingerprint density at radius 3 is 2.39 bits per heavy atom. The lowest BCUT2D eigenvalue weighted by Crippen LogP contribution is -2.38. The molecular formula is C18H32N2O2S. The van der Waals surface area contributed by atoms with E-state index in [-0.39, 0.29) is 17.6 Å². The molecule has 0 spiro atoms. The average molecular weight is 341 g/mol. The molecule has 23 heavy (non-hydrogen) atoms. The highest BCUT2D eigenvalue weighted by Crippen LogP contribution is 2.29. The smallest absolute Gasteiger partial charge is 0.407 e. The van der Waals surface area contributed by atoms with E-state index in [9.17, 15) is 4.79 Å². The van der Waals surface area contributed by atoms with Crippen molar-refractivity contribution in [2.24, 2.45) is 0 Å². The highest BCUT2D eigenvalue weighted by Gasteiger charge is 2.18. The Labute approximate surface area is 145 Å². The van der Waals surface area contributed by atoms with Gasteiger partial charge in [0.1, 0.15) is 5.60 Å². The molecule has 1 aromatic heterocycles. The topological polar surface area (TPSA) is 50.4 Å². The van der Waals surface area contributed by atoms with Gasteiger partial charge in [0.25, 0.3) is 0 Å². The molecule has 1 atom stereocenters. The Kier molecular flexibility index (Phi) is 7.08. The van der Waals surface area contributed by atoms with Gasteiger partial charge in [0.05, 0.1) is 0 Å². The largest absolute Gasteiger partial charge is 0.444 e. The molecular weight excluding hydrogens is 308 g/mol. The number of nitrogens with one attached hydrogen (secondary N) is 2. The number of hydrogen-bond acceptors (Lipinski definition) is 4. The molecule has 5 heteroatoms. The van der Waals surface area contributed by atoms with Crippen molar-refractivity contribution >= 4 is 17.4 Å². The lowest BCUT2D eigenvalue weighted by molar-refractivity contribution is 0.0506. The fourth-order valence-corrected chi connectivity index (χ4v) is 3.02. The molecule has 0 aliphatic heterocycles. The van der Waals surface area contributed by atoms with Crippen LogP contribution in [0.5, 0.6) is 0 Å². The summed E-state index contributed by atoms with van der Waals surface area (Å²) in [5.41, 5.74) is -0.235. The maximum Gasteiger partial charge on any atom is 0.407 e. The van der Waals surface area contributed by atoms with Crippen molar-refractivity contribution in [3.63, 3.8) is 0 Å². The van der Waals surface area contributed by atoms with Crippen molar-refractivity contribution in [2.75, 3.05) is 6.54 Å². The number of thiophene rings is 1. The van der Waals surface area contributed by atoms with Crippen LogP contribution in [0.25, 0.3) is 0 Å². The van der Waals surface area contributed by atoms with E-state index in [0.717, 1.165) is 19.5 Å². The first-order valence-corrected chi connectivity index (χ1v) is 9.08. The molecule has 1 amide bonds. The third kappa shape index (κ3) is 8.37. The molecule has 2 N–H and O–H groups in total. The first kappa shape index (κ1) is 20.0. The van der Waals surface area contributed by atoms with Crippen molar-refractivity contribution in [3.05, 3.63) is 21.9 Å². The molecule has 0 bridgehead atoms. The van der Waals surface area contributed by atoms with Gasteiger partial charge in [0, 0.05) is 22.3 Å². The van der Waals surface area contributed by atoms with Gasteiger partial charge in [-0.05, 0) is 58.2 Å². The molecule has 0 fully saturated rings. The third-order valence-corrected chi connectivity index (χ3v) is 4.73. The Morgan fingerprint density at radius 1 is 1.22 bits per heavy atom. The van der Waals surface area contributed by atoms with E-state index in [2.05, 4.69) is 43.5 Å². The number of carbonyl (C=O) groups is 1. The third-order valence-electron chi connectivity index (χ3n) is 3.22. The molecule has 1 unspecified atom stereocenters. The van der Waals surface area contributed by atoms with Gasteiger partial charge in [0.15, 0.2) is 0 Å². The molecule has 0 radical (unpaired) electrons. The van der Waals surface area contributed by atoms with Gasteiger partial charge in [-0.25, -0.2) is 4.79 Å². The van der Waals surface area contributed by atoms with Crippen LogP contribution in [0, 0.1) is 0 Å². The summed E-state index contributed by atoms with van der Waals surface area (Å²) >= 11 is 1.86. The normalized spacial score (nSPS) is 13.7. The second kappa shape index (κ2) is 8.15. The van der Waals surface area contributed by atoms with Crippen molar-refractivity contribution in [2.45, 2.75) is 78.5 Å². The fraction of sp³-hybridized carbons (Fsp3) is 0.722. The Hall–Kier alpha value is -1.07. The van der Waals surface area contributed by atoms with E-state index in [1.807, 2.05) is 39.0 Å². The van der Waals surface area contributed by atoms with E-state index in [1.165, 1.54) is 9.75 Å². The molecule has 1 heterocycles. The fourth-order valence-electron chi connectivity index (χ4n) is 1.99. The number of amides is 1. The van der Waals surface area contributed by atoms with Gasteiger partial charge >= 0.3 is 6.09 Å². The molecule has 1 aromatic rings. The number of carbonyl (C=O) groups excluding carboxylic acids is 1. The quantitative estimate of drug-likeness (QED) is 0.753. The zero-order chi connectivity index (χ0) is 17.7. The van der Waals surface area contributed by atoms with Crippen LogP contribution < -0.4 is 10.6 Å². The van der Waals surface area contributed by atoms with Gasteiger partial charge < -0.3 is 15.4 Å². The lowest BCUT2D eigenvalue weighted by Gasteiger charge is -2.22. The van der Waals surface area contributed by atoms with Crippen LogP contribution >= 0.6 is 11.3 Å². The summed E-state index contributed by atoms with van der Waals surface area (Å²) < 4.78 is 5.25. The van der Waals surface area contributed by atoms with Crippen LogP contribution in [0.3, 0.4) is 0 Å². The van der Waals surface area contributed by atoms with Crippen LogP contribution in [0.15, 0.2) is 12.1 Å². The second-order valence-electron chi connectivity index (χ2n) is 8.03. The zero-order valence-electron chi connectivity index (χ0n) is 15.6. The van der Waals surface area contributed by atoms with Crippen molar-refractivity contribution in [3.8, 4) is 0 Å². The average Bonchev–Trinajstić information content (AvgIpc) is 2.80. The van der Waals surface area contributed by atoms with Crippen LogP contribution in [0.2, 0.25) is 0 Å². The number of hydrogen-bond donors (Lipinski definition) is 2. The maximum absolute atomic E-state index is 11.7. The summed E-state index contributed by atoms with van der Waals surface area (Å²) in [6, 6.07) is 4.50. The molecule has 1 rings (SSSR count). The first-order valence-electron chi connectivity index (χ1n) is 8.27. The van der Waals surface area contributed by atoms with Crippen LogP contribution in [-0.2, 0) is 16.7 Å². The van der Waals surface area contributed by atoms with Crippen LogP contribution in [0.1, 0.15) is 64.6 Å². The zero-order valence-corrected chi connectivity index (χ0v) is 16.4. The number of alkyl carbamates (subject to hydrolysis) is 1. The molecule has 4 nitrogen and oxygen atoms in total. The number of ether oxygens (including phenoxy) is 1. The summed E-state index contributed by atoms with van der Waals surface area (Å²) in [6.07, 6.45) is 0.523. The van der Waals surface area contributed by atoms with Crippen molar-refractivity contribution < 1.29 is 9.53 Å². The summed E-state index contributed by atoms with van der Waals surface area (Å²) in [5.74, 6) is 0. The predicted molar refractivity (Wildman–Crippen MR) is 98.2 cm³/mol. The monoisotopic (exact) mass is 340 g/mol. The van der Waals surface area contributed by atoms with Gasteiger partial charge in [0.2, 0.25) is 0 Å². The molecule has 132 valence electrons. The maximum atomic E-state index is 11.7.